The number of epoxide rings is 1. The molecule has 3 saturated heterocycles. The van der Waals surface area contributed by atoms with Crippen LogP contribution in [-0.4, -0.2) is 85.4 Å². The van der Waals surface area contributed by atoms with E-state index in [0.717, 1.165) is 25.9 Å². The molecule has 28 heavy (non-hydrogen) atoms. The predicted molar refractivity (Wildman–Crippen MR) is 99.7 cm³/mol. The number of carbonyl (C=O) groups excluding carboxylic acids is 1. The van der Waals surface area contributed by atoms with Crippen molar-refractivity contribution in [3.63, 3.8) is 0 Å². The summed E-state index contributed by atoms with van der Waals surface area (Å²) < 4.78 is 24.0. The van der Waals surface area contributed by atoms with Crippen molar-refractivity contribution in [1.29, 1.82) is 0 Å². The Morgan fingerprint density at radius 3 is 2.75 bits per heavy atom. The standard InChI is InChI=1S/C21H31NO6/c1-13-4-5-20(11-26-14(2)23)15(10-13)28-18-16(22-6-8-25-9-7-22)17(24)19(20,3)21(18)12-27-21/h10,15-18,24H,4-9,11-12H2,1-3H3. The van der Waals surface area contributed by atoms with Gasteiger partial charge >= 0.3 is 5.97 Å². The molecular formula is C21H31NO6. The highest BCUT2D eigenvalue weighted by atomic mass is 16.6. The Morgan fingerprint density at radius 2 is 2.11 bits per heavy atom. The first-order chi connectivity index (χ1) is 13.4. The number of aliphatic hydroxyl groups excluding tert-OH is 1. The van der Waals surface area contributed by atoms with Crippen LogP contribution in [0.5, 0.6) is 0 Å². The summed E-state index contributed by atoms with van der Waals surface area (Å²) in [6, 6.07) is -0.134. The number of rotatable bonds is 3. The molecule has 1 saturated carbocycles. The molecule has 0 aromatic rings. The summed E-state index contributed by atoms with van der Waals surface area (Å²) in [6.07, 6.45) is 2.91. The zero-order valence-corrected chi connectivity index (χ0v) is 17.0. The largest absolute Gasteiger partial charge is 0.465 e. The first-order valence-corrected chi connectivity index (χ1v) is 10.5. The third-order valence-corrected chi connectivity index (χ3v) is 8.29. The molecule has 1 N–H and O–H groups in total. The van der Waals surface area contributed by atoms with Crippen LogP contribution in [0.15, 0.2) is 11.6 Å². The molecule has 4 fully saturated rings. The molecule has 5 rings (SSSR count). The maximum Gasteiger partial charge on any atom is 0.302 e. The molecule has 2 aliphatic carbocycles. The highest BCUT2D eigenvalue weighted by Gasteiger charge is 2.85. The average molecular weight is 393 g/mol. The van der Waals surface area contributed by atoms with E-state index < -0.39 is 22.5 Å². The maximum atomic E-state index is 11.8. The number of allylic oxidation sites excluding steroid dienone is 1. The lowest BCUT2D eigenvalue weighted by Crippen LogP contribution is -2.66. The number of carbonyl (C=O) groups is 1. The van der Waals surface area contributed by atoms with Gasteiger partial charge in [-0.1, -0.05) is 18.6 Å². The topological polar surface area (TPSA) is 80.8 Å². The molecule has 0 aromatic carbocycles. The Bertz CT molecular complexity index is 699. The van der Waals surface area contributed by atoms with Gasteiger partial charge in [-0.3, -0.25) is 9.69 Å². The second-order valence-electron chi connectivity index (χ2n) is 9.39. The van der Waals surface area contributed by atoms with E-state index in [0.29, 0.717) is 19.8 Å². The quantitative estimate of drug-likeness (QED) is 0.433. The Balaban J connectivity index is 1.60. The Kier molecular flexibility index (Phi) is 4.24. The molecule has 0 amide bonds. The minimum absolute atomic E-state index is 0.134. The number of esters is 1. The monoisotopic (exact) mass is 393 g/mol. The number of hydrogen-bond donors (Lipinski definition) is 1. The van der Waals surface area contributed by atoms with E-state index in [9.17, 15) is 9.90 Å². The summed E-state index contributed by atoms with van der Waals surface area (Å²) in [6.45, 7) is 9.44. The van der Waals surface area contributed by atoms with Gasteiger partial charge in [0, 0.05) is 30.8 Å². The molecule has 3 heterocycles. The minimum Gasteiger partial charge on any atom is -0.465 e. The van der Waals surface area contributed by atoms with Crippen LogP contribution in [0.3, 0.4) is 0 Å². The third-order valence-electron chi connectivity index (χ3n) is 8.29. The maximum absolute atomic E-state index is 11.8. The second kappa shape index (κ2) is 6.25. The highest BCUT2D eigenvalue weighted by molar-refractivity contribution is 5.66. The molecule has 7 atom stereocenters. The van der Waals surface area contributed by atoms with Crippen LogP contribution in [0.1, 0.15) is 33.6 Å². The fraction of sp³-hybridized carbons (Fsp3) is 0.857. The van der Waals surface area contributed by atoms with Gasteiger partial charge in [-0.15, -0.1) is 0 Å². The molecule has 0 radical (unpaired) electrons. The highest BCUT2D eigenvalue weighted by Crippen LogP contribution is 2.72. The van der Waals surface area contributed by atoms with Crippen LogP contribution >= 0.6 is 0 Å². The molecule has 0 aromatic heterocycles. The van der Waals surface area contributed by atoms with Crippen molar-refractivity contribution in [2.45, 2.75) is 63.6 Å². The van der Waals surface area contributed by atoms with Gasteiger partial charge in [0.05, 0.1) is 38.1 Å². The van der Waals surface area contributed by atoms with E-state index in [1.54, 1.807) is 0 Å². The molecule has 1 spiro atoms. The van der Waals surface area contributed by atoms with Gasteiger partial charge in [0.1, 0.15) is 18.3 Å². The van der Waals surface area contributed by atoms with Crippen molar-refractivity contribution >= 4 is 5.97 Å². The number of morpholine rings is 1. The van der Waals surface area contributed by atoms with Gasteiger partial charge in [-0.25, -0.2) is 0 Å². The molecule has 2 bridgehead atoms. The summed E-state index contributed by atoms with van der Waals surface area (Å²) in [4.78, 5) is 14.0. The lowest BCUT2D eigenvalue weighted by molar-refractivity contribution is -0.230. The van der Waals surface area contributed by atoms with E-state index in [2.05, 4.69) is 24.8 Å². The van der Waals surface area contributed by atoms with Gasteiger partial charge in [0.2, 0.25) is 0 Å². The molecule has 7 heteroatoms. The van der Waals surface area contributed by atoms with E-state index in [1.165, 1.54) is 12.5 Å². The lowest BCUT2D eigenvalue weighted by Gasteiger charge is -2.58. The van der Waals surface area contributed by atoms with Crippen LogP contribution in [0.2, 0.25) is 0 Å². The van der Waals surface area contributed by atoms with Crippen LogP contribution < -0.4 is 0 Å². The van der Waals surface area contributed by atoms with E-state index >= 15 is 0 Å². The minimum atomic E-state index is -0.620. The Morgan fingerprint density at radius 1 is 1.39 bits per heavy atom. The number of aliphatic hydroxyl groups is 1. The Hall–Kier alpha value is -0.990. The molecule has 7 nitrogen and oxygen atoms in total. The number of nitrogens with zero attached hydrogens (tertiary/aromatic N) is 1. The van der Waals surface area contributed by atoms with Crippen molar-refractivity contribution < 1.29 is 28.8 Å². The van der Waals surface area contributed by atoms with Crippen LogP contribution in [0, 0.1) is 10.8 Å². The van der Waals surface area contributed by atoms with Gasteiger partial charge in [0.15, 0.2) is 0 Å². The summed E-state index contributed by atoms with van der Waals surface area (Å²) in [5.74, 6) is -0.298. The SMILES string of the molecule is CC(=O)OCC12CCC(C)=CC1OC1C(N3CCOCC3)C(O)C2(C)C12CO2. The predicted octanol–water partition coefficient (Wildman–Crippen LogP) is 0.894. The molecule has 5 aliphatic rings. The smallest absolute Gasteiger partial charge is 0.302 e. The van der Waals surface area contributed by atoms with E-state index in [-0.39, 0.29) is 30.8 Å². The summed E-state index contributed by atoms with van der Waals surface area (Å²) in [7, 11) is 0. The first kappa shape index (κ1) is 19.0. The van der Waals surface area contributed by atoms with Gasteiger partial charge in [0.25, 0.3) is 0 Å². The van der Waals surface area contributed by atoms with Crippen molar-refractivity contribution in [3.8, 4) is 0 Å². The van der Waals surface area contributed by atoms with Gasteiger partial charge in [-0.05, 0) is 19.8 Å². The number of ether oxygens (including phenoxy) is 4. The lowest BCUT2D eigenvalue weighted by atomic mass is 9.51. The first-order valence-electron chi connectivity index (χ1n) is 10.5. The van der Waals surface area contributed by atoms with Gasteiger partial charge in [-0.2, -0.15) is 0 Å². The number of hydrogen-bond acceptors (Lipinski definition) is 7. The summed E-state index contributed by atoms with van der Waals surface area (Å²) in [5.41, 5.74) is -0.267. The van der Waals surface area contributed by atoms with Crippen LogP contribution in [0.25, 0.3) is 0 Å². The van der Waals surface area contributed by atoms with Crippen molar-refractivity contribution in [2.24, 2.45) is 10.8 Å². The van der Waals surface area contributed by atoms with Crippen molar-refractivity contribution in [1.82, 2.24) is 4.90 Å². The molecule has 7 unspecified atom stereocenters. The Labute approximate surface area is 165 Å². The molecule has 156 valence electrons. The average Bonchev–Trinajstić information content (AvgIpc) is 3.46. The fourth-order valence-electron chi connectivity index (χ4n) is 6.52. The van der Waals surface area contributed by atoms with E-state index in [4.69, 9.17) is 18.9 Å². The van der Waals surface area contributed by atoms with Crippen molar-refractivity contribution in [2.75, 3.05) is 39.5 Å². The van der Waals surface area contributed by atoms with Crippen molar-refractivity contribution in [3.05, 3.63) is 11.6 Å². The zero-order chi connectivity index (χ0) is 19.7. The zero-order valence-electron chi connectivity index (χ0n) is 17.0. The summed E-state index contributed by atoms with van der Waals surface area (Å²) >= 11 is 0. The molecular weight excluding hydrogens is 362 g/mol. The fourth-order valence-corrected chi connectivity index (χ4v) is 6.52. The normalized spacial score (nSPS) is 50.2. The van der Waals surface area contributed by atoms with E-state index in [1.807, 2.05) is 0 Å². The summed E-state index contributed by atoms with van der Waals surface area (Å²) in [5, 5.41) is 11.8. The number of fused-ring (bicyclic) bond motifs is 2. The van der Waals surface area contributed by atoms with Crippen LogP contribution in [-0.2, 0) is 23.7 Å². The second-order valence-corrected chi connectivity index (χ2v) is 9.39. The van der Waals surface area contributed by atoms with Gasteiger partial charge < -0.3 is 24.1 Å². The third kappa shape index (κ3) is 2.25. The molecule has 3 aliphatic heterocycles. The van der Waals surface area contributed by atoms with Crippen LogP contribution in [0.4, 0.5) is 0 Å².